The number of fused-ring (bicyclic) bond motifs is 1. The molecule has 0 amide bonds. The van der Waals surface area contributed by atoms with E-state index in [-0.39, 0.29) is 6.04 Å². The van der Waals surface area contributed by atoms with Gasteiger partial charge in [-0.1, -0.05) is 12.1 Å². The van der Waals surface area contributed by atoms with Gasteiger partial charge in [0.15, 0.2) is 0 Å². The van der Waals surface area contributed by atoms with Crippen molar-refractivity contribution in [2.75, 3.05) is 21.2 Å². The molecule has 0 spiro atoms. The van der Waals surface area contributed by atoms with E-state index in [2.05, 4.69) is 46.7 Å². The van der Waals surface area contributed by atoms with Crippen LogP contribution in [-0.4, -0.2) is 40.9 Å². The second-order valence-electron chi connectivity index (χ2n) is 7.62. The van der Waals surface area contributed by atoms with E-state index in [9.17, 15) is 8.42 Å². The molecule has 4 aromatic rings. The highest BCUT2D eigenvalue weighted by atomic mass is 79.9. The molecule has 0 bridgehead atoms. The molecule has 0 aliphatic heterocycles. The minimum absolute atomic E-state index is 0.00332. The third-order valence-electron chi connectivity index (χ3n) is 5.07. The highest BCUT2D eigenvalue weighted by molar-refractivity contribution is 9.10. The molecule has 0 atom stereocenters. The van der Waals surface area contributed by atoms with Crippen molar-refractivity contribution in [1.29, 1.82) is 0 Å². The molecule has 3 N–H and O–H groups in total. The summed E-state index contributed by atoms with van der Waals surface area (Å²) < 4.78 is 27.1. The van der Waals surface area contributed by atoms with Crippen LogP contribution in [0.2, 0.25) is 0 Å². The smallest absolute Gasteiger partial charge is 0.232 e. The van der Waals surface area contributed by atoms with E-state index in [4.69, 9.17) is 0 Å². The van der Waals surface area contributed by atoms with E-state index in [1.165, 1.54) is 10.6 Å². The predicted molar refractivity (Wildman–Crippen MR) is 129 cm³/mol. The van der Waals surface area contributed by atoms with Gasteiger partial charge in [0.2, 0.25) is 16.0 Å². The summed E-state index contributed by atoms with van der Waals surface area (Å²) in [6, 6.07) is 13.1. The zero-order valence-corrected chi connectivity index (χ0v) is 19.5. The van der Waals surface area contributed by atoms with Gasteiger partial charge in [0.05, 0.1) is 33.8 Å². The molecule has 2 aromatic carbocycles. The summed E-state index contributed by atoms with van der Waals surface area (Å²) in [7, 11) is -3.41. The quantitative estimate of drug-likeness (QED) is 0.332. The monoisotopic (exact) mass is 513 g/mol. The Hall–Kier alpha value is -3.18. The van der Waals surface area contributed by atoms with Crippen LogP contribution in [0.25, 0.3) is 10.9 Å². The average Bonchev–Trinajstić information content (AvgIpc) is 3.46. The Bertz CT molecular complexity index is 1400. The Morgan fingerprint density at radius 2 is 1.94 bits per heavy atom. The Morgan fingerprint density at radius 1 is 1.12 bits per heavy atom. The zero-order chi connectivity index (χ0) is 22.3. The Kier molecular flexibility index (Phi) is 5.22. The lowest BCUT2D eigenvalue weighted by Gasteiger charge is -2.25. The predicted octanol–water partition coefficient (Wildman–Crippen LogP) is 4.53. The van der Waals surface area contributed by atoms with Gasteiger partial charge in [0.1, 0.15) is 5.82 Å². The van der Waals surface area contributed by atoms with E-state index in [0.29, 0.717) is 27.6 Å². The van der Waals surface area contributed by atoms with Gasteiger partial charge in [-0.3, -0.25) is 9.40 Å². The molecule has 1 fully saturated rings. The van der Waals surface area contributed by atoms with Crippen molar-refractivity contribution < 1.29 is 8.42 Å². The molecule has 32 heavy (non-hydrogen) atoms. The number of aromatic amines is 1. The number of sulfonamides is 1. The maximum atomic E-state index is 12.5. The summed E-state index contributed by atoms with van der Waals surface area (Å²) in [5.41, 5.74) is 2.96. The first-order chi connectivity index (χ1) is 15.4. The van der Waals surface area contributed by atoms with Crippen LogP contribution in [-0.2, 0) is 10.0 Å². The molecule has 164 valence electrons. The highest BCUT2D eigenvalue weighted by Crippen LogP contribution is 2.39. The molecule has 2 heterocycles. The fourth-order valence-corrected chi connectivity index (χ4v) is 5.07. The molecule has 1 saturated carbocycles. The number of H-pyrrole nitrogens is 1. The van der Waals surface area contributed by atoms with Crippen LogP contribution in [0.5, 0.6) is 0 Å². The lowest BCUT2D eigenvalue weighted by atomic mass is 10.2. The zero-order valence-electron chi connectivity index (χ0n) is 17.1. The van der Waals surface area contributed by atoms with Crippen molar-refractivity contribution in [3.63, 3.8) is 0 Å². The van der Waals surface area contributed by atoms with Crippen molar-refractivity contribution in [2.24, 2.45) is 0 Å². The van der Waals surface area contributed by atoms with Gasteiger partial charge < -0.3 is 10.6 Å². The van der Waals surface area contributed by atoms with E-state index >= 15 is 0 Å². The number of para-hydroxylation sites is 2. The van der Waals surface area contributed by atoms with E-state index in [0.717, 1.165) is 29.4 Å². The number of halogens is 1. The first kappa shape index (κ1) is 20.7. The number of rotatable bonds is 7. The second kappa shape index (κ2) is 8.06. The normalized spacial score (nSPS) is 13.8. The van der Waals surface area contributed by atoms with Crippen molar-refractivity contribution in [2.45, 2.75) is 18.9 Å². The topological polar surface area (TPSA) is 116 Å². The van der Waals surface area contributed by atoms with Gasteiger partial charge >= 0.3 is 0 Å². The average molecular weight is 514 g/mol. The van der Waals surface area contributed by atoms with Gasteiger partial charge in [0, 0.05) is 23.3 Å². The summed E-state index contributed by atoms with van der Waals surface area (Å²) in [5.74, 6) is 0.913. The molecule has 0 unspecified atom stereocenters. The van der Waals surface area contributed by atoms with Crippen molar-refractivity contribution in [1.82, 2.24) is 20.2 Å². The van der Waals surface area contributed by atoms with Crippen LogP contribution in [0, 0.1) is 0 Å². The van der Waals surface area contributed by atoms with Crippen molar-refractivity contribution in [3.8, 4) is 0 Å². The maximum absolute atomic E-state index is 12.5. The number of nitrogens with one attached hydrogen (secondary N) is 3. The molecule has 0 radical (unpaired) electrons. The van der Waals surface area contributed by atoms with Crippen LogP contribution in [0.4, 0.5) is 28.8 Å². The Labute approximate surface area is 193 Å². The number of benzene rings is 2. The number of hydrogen-bond acceptors (Lipinski definition) is 7. The number of anilines is 5. The lowest BCUT2D eigenvalue weighted by Crippen LogP contribution is -2.32. The maximum Gasteiger partial charge on any atom is 0.232 e. The SMILES string of the molecule is CS(=O)(=O)N(c1ccccc1Nc1nc(Nc2ccc3cn[nH]c3c2)ncc1Br)C1CC1. The molecule has 5 rings (SSSR count). The summed E-state index contributed by atoms with van der Waals surface area (Å²) >= 11 is 3.48. The Morgan fingerprint density at radius 3 is 2.72 bits per heavy atom. The third kappa shape index (κ3) is 4.26. The van der Waals surface area contributed by atoms with Gasteiger partial charge in [-0.15, -0.1) is 0 Å². The van der Waals surface area contributed by atoms with Crippen LogP contribution in [0.15, 0.2) is 59.3 Å². The minimum atomic E-state index is -3.41. The Balaban J connectivity index is 1.45. The summed E-state index contributed by atoms with van der Waals surface area (Å²) in [5, 5.41) is 14.4. The van der Waals surface area contributed by atoms with E-state index < -0.39 is 10.0 Å². The van der Waals surface area contributed by atoms with E-state index in [1.54, 1.807) is 18.5 Å². The second-order valence-corrected chi connectivity index (χ2v) is 10.3. The number of hydrogen-bond donors (Lipinski definition) is 3. The summed E-state index contributed by atoms with van der Waals surface area (Å²) in [6.45, 7) is 0. The van der Waals surface area contributed by atoms with Crippen LogP contribution >= 0.6 is 15.9 Å². The largest absolute Gasteiger partial charge is 0.337 e. The lowest BCUT2D eigenvalue weighted by molar-refractivity contribution is 0.596. The molecular formula is C21H20BrN7O2S. The van der Waals surface area contributed by atoms with Gasteiger partial charge in [-0.25, -0.2) is 13.4 Å². The standard InChI is InChI=1S/C21H20BrN7O2S/c1-32(30,31)29(15-8-9-15)19-5-3-2-4-17(19)26-20-16(22)12-23-21(27-20)25-14-7-6-13-11-24-28-18(13)10-14/h2-7,10-12,15H,8-9H2,1H3,(H,24,28)(H2,23,25,26,27). The van der Waals surface area contributed by atoms with Crippen molar-refractivity contribution >= 4 is 65.7 Å². The summed E-state index contributed by atoms with van der Waals surface area (Å²) in [4.78, 5) is 8.92. The van der Waals surface area contributed by atoms with E-state index in [1.807, 2.05) is 36.4 Å². The number of nitrogens with zero attached hydrogens (tertiary/aromatic N) is 4. The first-order valence-electron chi connectivity index (χ1n) is 9.96. The van der Waals surface area contributed by atoms with Gasteiger partial charge in [-0.2, -0.15) is 10.1 Å². The fraction of sp³-hybridized carbons (Fsp3) is 0.190. The number of aromatic nitrogens is 4. The molecule has 9 nitrogen and oxygen atoms in total. The third-order valence-corrected chi connectivity index (χ3v) is 6.86. The van der Waals surface area contributed by atoms with Crippen LogP contribution < -0.4 is 14.9 Å². The molecule has 1 aliphatic rings. The summed E-state index contributed by atoms with van der Waals surface area (Å²) in [6.07, 6.45) is 6.35. The van der Waals surface area contributed by atoms with Crippen LogP contribution in [0.1, 0.15) is 12.8 Å². The van der Waals surface area contributed by atoms with Crippen molar-refractivity contribution in [3.05, 3.63) is 59.3 Å². The molecule has 11 heteroatoms. The fourth-order valence-electron chi connectivity index (χ4n) is 3.51. The highest BCUT2D eigenvalue weighted by Gasteiger charge is 2.36. The molecule has 2 aromatic heterocycles. The van der Waals surface area contributed by atoms with Gasteiger partial charge in [-0.05, 0) is 59.1 Å². The van der Waals surface area contributed by atoms with Gasteiger partial charge in [0.25, 0.3) is 0 Å². The minimum Gasteiger partial charge on any atom is -0.337 e. The molecule has 0 saturated heterocycles. The molecular weight excluding hydrogens is 494 g/mol. The first-order valence-corrected chi connectivity index (χ1v) is 12.6. The molecule has 1 aliphatic carbocycles. The van der Waals surface area contributed by atoms with Crippen LogP contribution in [0.3, 0.4) is 0 Å².